The van der Waals surface area contributed by atoms with Crippen molar-refractivity contribution in [3.05, 3.63) is 17.9 Å². The molecule has 1 aliphatic rings. The van der Waals surface area contributed by atoms with Gasteiger partial charge in [0.15, 0.2) is 0 Å². The standard InChI is InChI=1S/C6H7P/c1-7-5-3-2-4-6-7/h3-6H,1H3. The summed E-state index contributed by atoms with van der Waals surface area (Å²) in [5.41, 5.74) is 2.97. The second kappa shape index (κ2) is 2.02. The summed E-state index contributed by atoms with van der Waals surface area (Å²) in [6.07, 6.45) is 3.96. The fourth-order valence-corrected chi connectivity index (χ4v) is 1.17. The molecule has 0 N–H and O–H groups in total. The first-order chi connectivity index (χ1) is 3.39. The van der Waals surface area contributed by atoms with Gasteiger partial charge in [0.1, 0.15) is 0 Å². The predicted octanol–water partition coefficient (Wildman–Crippen LogP) is 1.43. The summed E-state index contributed by atoms with van der Waals surface area (Å²) in [7, 11) is 0.0847. The third kappa shape index (κ3) is 1.23. The van der Waals surface area contributed by atoms with Crippen LogP contribution in [0.5, 0.6) is 0 Å². The molecule has 0 aliphatic carbocycles. The highest BCUT2D eigenvalue weighted by Gasteiger charge is 1.68. The molecule has 36 valence electrons. The Morgan fingerprint density at radius 3 is 2.14 bits per heavy atom. The van der Waals surface area contributed by atoms with Crippen LogP contribution in [0, 0.1) is 0 Å². The monoisotopic (exact) mass is 110 g/mol. The van der Waals surface area contributed by atoms with Crippen LogP contribution < -0.4 is 0 Å². The van der Waals surface area contributed by atoms with Crippen LogP contribution in [0.1, 0.15) is 0 Å². The summed E-state index contributed by atoms with van der Waals surface area (Å²) in [4.78, 5) is 0. The average Bonchev–Trinajstić information content (AvgIpc) is 1.69. The molecule has 0 nitrogen and oxygen atoms in total. The second-order valence-electron chi connectivity index (χ2n) is 1.46. The molecular weight excluding hydrogens is 103 g/mol. The zero-order valence-electron chi connectivity index (χ0n) is 4.26. The maximum absolute atomic E-state index is 2.97. The molecule has 0 saturated carbocycles. The van der Waals surface area contributed by atoms with E-state index in [0.717, 1.165) is 0 Å². The van der Waals surface area contributed by atoms with E-state index < -0.39 is 0 Å². The van der Waals surface area contributed by atoms with E-state index in [4.69, 9.17) is 0 Å². The van der Waals surface area contributed by atoms with Crippen molar-refractivity contribution in [1.82, 2.24) is 0 Å². The van der Waals surface area contributed by atoms with E-state index >= 15 is 0 Å². The van der Waals surface area contributed by atoms with Crippen molar-refractivity contribution in [3.8, 4) is 0 Å². The first-order valence-electron chi connectivity index (χ1n) is 2.21. The molecule has 0 bridgehead atoms. The van der Waals surface area contributed by atoms with Gasteiger partial charge in [-0.1, -0.05) is 0 Å². The smallest absolute Gasteiger partial charge is 0.0160 e. The minimum Gasteiger partial charge on any atom is -0.127 e. The van der Waals surface area contributed by atoms with E-state index in [9.17, 15) is 0 Å². The highest BCUT2D eigenvalue weighted by atomic mass is 31.1. The van der Waals surface area contributed by atoms with Crippen molar-refractivity contribution < 1.29 is 0 Å². The maximum Gasteiger partial charge on any atom is -0.0160 e. The van der Waals surface area contributed by atoms with E-state index in [1.807, 2.05) is 12.2 Å². The van der Waals surface area contributed by atoms with Crippen LogP contribution in [0.3, 0.4) is 0 Å². The van der Waals surface area contributed by atoms with Crippen LogP contribution in [-0.4, -0.2) is 18.3 Å². The average molecular weight is 110 g/mol. The van der Waals surface area contributed by atoms with Crippen molar-refractivity contribution in [1.29, 1.82) is 0 Å². The van der Waals surface area contributed by atoms with Crippen LogP contribution in [0.15, 0.2) is 17.9 Å². The largest absolute Gasteiger partial charge is 0.127 e. The van der Waals surface area contributed by atoms with Gasteiger partial charge in [0.25, 0.3) is 0 Å². The summed E-state index contributed by atoms with van der Waals surface area (Å²) >= 11 is 0. The van der Waals surface area contributed by atoms with Crippen molar-refractivity contribution in [2.75, 3.05) is 6.66 Å². The fraction of sp³-hybridized carbons (Fsp3) is 0.167. The third-order valence-corrected chi connectivity index (χ3v) is 2.05. The predicted molar refractivity (Wildman–Crippen MR) is 37.6 cm³/mol. The first kappa shape index (κ1) is 4.71. The second-order valence-corrected chi connectivity index (χ2v) is 3.39. The first-order valence-corrected chi connectivity index (χ1v) is 4.13. The van der Waals surface area contributed by atoms with Gasteiger partial charge in [-0.2, -0.15) is 0 Å². The molecule has 0 unspecified atom stereocenters. The number of hydrogen-bond donors (Lipinski definition) is 0. The zero-order valence-corrected chi connectivity index (χ0v) is 5.15. The lowest BCUT2D eigenvalue weighted by Crippen LogP contribution is -1.64. The Labute approximate surface area is 44.2 Å². The molecule has 1 heterocycles. The molecule has 1 heteroatoms. The van der Waals surface area contributed by atoms with Crippen LogP contribution in [0.2, 0.25) is 0 Å². The van der Waals surface area contributed by atoms with Gasteiger partial charge in [0.2, 0.25) is 0 Å². The van der Waals surface area contributed by atoms with E-state index in [1.54, 1.807) is 0 Å². The topological polar surface area (TPSA) is 0 Å². The van der Waals surface area contributed by atoms with Gasteiger partial charge in [-0.05, 0) is 30.4 Å². The fourth-order valence-electron chi connectivity index (χ4n) is 0.426. The Balaban J connectivity index is 3.03. The molecule has 0 aromatic heterocycles. The van der Waals surface area contributed by atoms with Gasteiger partial charge >= 0.3 is 0 Å². The van der Waals surface area contributed by atoms with Crippen LogP contribution >= 0.6 is 7.17 Å². The molecule has 0 atom stereocenters. The van der Waals surface area contributed by atoms with E-state index in [-0.39, 0.29) is 7.17 Å². The lowest BCUT2D eigenvalue weighted by molar-refractivity contribution is 2.28. The summed E-state index contributed by atoms with van der Waals surface area (Å²) < 4.78 is 0. The van der Waals surface area contributed by atoms with Crippen molar-refractivity contribution in [3.63, 3.8) is 0 Å². The van der Waals surface area contributed by atoms with Crippen LogP contribution in [0.25, 0.3) is 0 Å². The Bertz CT molecular complexity index is 180. The van der Waals surface area contributed by atoms with Crippen molar-refractivity contribution in [2.45, 2.75) is 0 Å². The number of allylic oxidation sites excluding steroid dienone is 1. The lowest BCUT2D eigenvalue weighted by atomic mass is 10.6. The van der Waals surface area contributed by atoms with E-state index in [1.165, 1.54) is 0 Å². The summed E-state index contributed by atoms with van der Waals surface area (Å²) in [6, 6.07) is 0. The highest BCUT2D eigenvalue weighted by Crippen LogP contribution is 1.99. The van der Waals surface area contributed by atoms with Gasteiger partial charge in [-0.25, -0.2) is 0 Å². The number of hydrogen-bond acceptors (Lipinski definition) is 0. The third-order valence-electron chi connectivity index (χ3n) is 0.812. The van der Waals surface area contributed by atoms with Gasteiger partial charge in [-0.3, -0.25) is 0 Å². The normalized spacial score (nSPS) is 15.9. The van der Waals surface area contributed by atoms with E-state index in [0.29, 0.717) is 0 Å². The van der Waals surface area contributed by atoms with Gasteiger partial charge < -0.3 is 0 Å². The van der Waals surface area contributed by atoms with E-state index in [2.05, 4.69) is 24.0 Å². The van der Waals surface area contributed by atoms with Gasteiger partial charge in [-0.15, -0.1) is 12.9 Å². The molecule has 0 fully saturated rings. The molecule has 0 aromatic carbocycles. The maximum atomic E-state index is 2.97. The highest BCUT2D eigenvalue weighted by molar-refractivity contribution is 7.56. The summed E-state index contributed by atoms with van der Waals surface area (Å²) in [5, 5.41) is 0. The molecule has 0 aromatic rings. The minimum atomic E-state index is 0.0847. The SMILES string of the molecule is CP1=CC=C=CC=1. The Morgan fingerprint density at radius 1 is 1.29 bits per heavy atom. The Morgan fingerprint density at radius 2 is 1.86 bits per heavy atom. The Hall–Kier alpha value is -0.440. The summed E-state index contributed by atoms with van der Waals surface area (Å²) in [5.74, 6) is 4.35. The molecule has 0 spiro atoms. The van der Waals surface area contributed by atoms with Crippen LogP contribution in [0.4, 0.5) is 0 Å². The van der Waals surface area contributed by atoms with Crippen molar-refractivity contribution >= 4 is 18.8 Å². The molecule has 1 aliphatic heterocycles. The lowest BCUT2D eigenvalue weighted by Gasteiger charge is -1.79. The zero-order chi connectivity index (χ0) is 5.11. The quantitative estimate of drug-likeness (QED) is 0.327. The van der Waals surface area contributed by atoms with Gasteiger partial charge in [0, 0.05) is 0 Å². The molecule has 1 rings (SSSR count). The van der Waals surface area contributed by atoms with Crippen molar-refractivity contribution in [2.24, 2.45) is 0 Å². The molecular formula is C6H7P. The van der Waals surface area contributed by atoms with Crippen LogP contribution in [-0.2, 0) is 0 Å². The molecule has 0 amide bonds. The number of rotatable bonds is 0. The minimum absolute atomic E-state index is 0.0847. The molecule has 0 radical (unpaired) electrons. The molecule has 7 heavy (non-hydrogen) atoms. The molecule has 0 saturated heterocycles. The van der Waals surface area contributed by atoms with Gasteiger partial charge in [0.05, 0.1) is 0 Å². The Kier molecular flexibility index (Phi) is 1.36. The summed E-state index contributed by atoms with van der Waals surface area (Å²) in [6.45, 7) is 2.21.